The summed E-state index contributed by atoms with van der Waals surface area (Å²) in [6.07, 6.45) is 2.62. The van der Waals surface area contributed by atoms with Crippen LogP contribution in [-0.2, 0) is 11.1 Å². The molecule has 8 heteroatoms. The van der Waals surface area contributed by atoms with Gasteiger partial charge in [0.05, 0.1) is 5.75 Å². The molecule has 1 aliphatic rings. The highest BCUT2D eigenvalue weighted by molar-refractivity contribution is 8.80. The van der Waals surface area contributed by atoms with Gasteiger partial charge in [-0.2, -0.15) is 0 Å². The third-order valence-corrected chi connectivity index (χ3v) is 7.09. The van der Waals surface area contributed by atoms with Crippen molar-refractivity contribution >= 4 is 57.1 Å². The molecule has 0 aromatic heterocycles. The molecule has 14 heavy (non-hydrogen) atoms. The van der Waals surface area contributed by atoms with Gasteiger partial charge in [0.2, 0.25) is 0 Å². The fourth-order valence-corrected chi connectivity index (χ4v) is 5.43. The van der Waals surface area contributed by atoms with Crippen LogP contribution in [0.3, 0.4) is 0 Å². The minimum atomic E-state index is -1.66. The lowest BCUT2D eigenvalue weighted by Crippen LogP contribution is -2.23. The molecule has 0 amide bonds. The summed E-state index contributed by atoms with van der Waals surface area (Å²) < 4.78 is 18.6. The summed E-state index contributed by atoms with van der Waals surface area (Å²) >= 11 is 4.40. The zero-order valence-corrected chi connectivity index (χ0v) is 11.4. The van der Waals surface area contributed by atoms with Crippen molar-refractivity contribution in [2.75, 3.05) is 11.5 Å². The van der Waals surface area contributed by atoms with Crippen LogP contribution < -0.4 is 5.32 Å². The molecule has 0 fully saturated rings. The molecule has 0 aromatic carbocycles. The molecule has 0 saturated heterocycles. The van der Waals surface area contributed by atoms with E-state index in [0.717, 1.165) is 12.2 Å². The summed E-state index contributed by atoms with van der Waals surface area (Å²) in [7, 11) is 3.29. The predicted molar refractivity (Wildman–Crippen MR) is 71.9 cm³/mol. The van der Waals surface area contributed by atoms with Crippen LogP contribution in [0.15, 0.2) is 11.6 Å². The van der Waals surface area contributed by atoms with Crippen molar-refractivity contribution in [1.29, 1.82) is 0 Å². The van der Waals surface area contributed by atoms with Gasteiger partial charge in [0.15, 0.2) is 14.6 Å². The number of rotatable bonds is 6. The summed E-state index contributed by atoms with van der Waals surface area (Å²) in [4.78, 5) is 0. The highest BCUT2D eigenvalue weighted by Gasteiger charge is 2.27. The van der Waals surface area contributed by atoms with Crippen molar-refractivity contribution < 1.29 is 8.76 Å². The zero-order valence-electron chi connectivity index (χ0n) is 7.21. The fraction of sp³-hybridized carbons (Fsp3) is 0.667. The van der Waals surface area contributed by atoms with E-state index in [1.54, 1.807) is 33.3 Å². The summed E-state index contributed by atoms with van der Waals surface area (Å²) in [6.45, 7) is 0. The van der Waals surface area contributed by atoms with E-state index in [-0.39, 0.29) is 3.54 Å². The number of hydrogen-bond donors (Lipinski definition) is 3. The Kier molecular flexibility index (Phi) is 6.18. The van der Waals surface area contributed by atoms with Crippen LogP contribution in [0.2, 0.25) is 0 Å². The van der Waals surface area contributed by atoms with Gasteiger partial charge in [0.25, 0.3) is 0 Å². The summed E-state index contributed by atoms with van der Waals surface area (Å²) in [5, 5.41) is 5.07. The molecular weight excluding hydrogens is 278 g/mol. The van der Waals surface area contributed by atoms with Gasteiger partial charge >= 0.3 is 0 Å². The van der Waals surface area contributed by atoms with Gasteiger partial charge in [-0.25, -0.2) is 4.21 Å². The molecule has 82 valence electrons. The second kappa shape index (κ2) is 6.59. The van der Waals surface area contributed by atoms with E-state index in [2.05, 4.69) is 17.9 Å². The van der Waals surface area contributed by atoms with Crippen LogP contribution >= 0.6 is 46.0 Å². The van der Waals surface area contributed by atoms with E-state index in [0.29, 0.717) is 5.75 Å². The van der Waals surface area contributed by atoms with Crippen LogP contribution in [0.25, 0.3) is 0 Å². The van der Waals surface area contributed by atoms with Crippen molar-refractivity contribution in [2.24, 2.45) is 0 Å². The molecule has 0 radical (unpaired) electrons. The van der Waals surface area contributed by atoms with Gasteiger partial charge in [-0.1, -0.05) is 22.6 Å². The van der Waals surface area contributed by atoms with Gasteiger partial charge in [-0.15, -0.1) is 12.6 Å². The van der Waals surface area contributed by atoms with Crippen molar-refractivity contribution in [3.05, 3.63) is 11.6 Å². The SMILES string of the molecule is O=S(O)CCCSSC1(S)NC=CS1. The van der Waals surface area contributed by atoms with Crippen LogP contribution in [0.5, 0.6) is 0 Å². The highest BCUT2D eigenvalue weighted by Crippen LogP contribution is 2.47. The molecule has 0 spiro atoms. The molecule has 0 aliphatic carbocycles. The maximum Gasteiger partial charge on any atom is 0.189 e. The molecule has 2 atom stereocenters. The van der Waals surface area contributed by atoms with Crippen LogP contribution in [0, 0.1) is 0 Å². The fourth-order valence-electron chi connectivity index (χ4n) is 0.706. The Labute approximate surface area is 104 Å². The monoisotopic (exact) mass is 289 g/mol. The maximum absolute atomic E-state index is 10.3. The molecule has 2 N–H and O–H groups in total. The molecule has 3 nitrogen and oxygen atoms in total. The molecule has 1 aliphatic heterocycles. The predicted octanol–water partition coefficient (Wildman–Crippen LogP) is 2.33. The Balaban J connectivity index is 2.01. The number of nitrogens with one attached hydrogen (secondary N) is 1. The molecule has 2 unspecified atom stereocenters. The highest BCUT2D eigenvalue weighted by atomic mass is 33.1. The van der Waals surface area contributed by atoms with E-state index >= 15 is 0 Å². The first-order valence-electron chi connectivity index (χ1n) is 3.83. The van der Waals surface area contributed by atoms with Gasteiger partial charge in [-0.05, 0) is 22.6 Å². The largest absolute Gasteiger partial charge is 0.359 e. The van der Waals surface area contributed by atoms with Crippen LogP contribution in [0.1, 0.15) is 6.42 Å². The molecule has 1 heterocycles. The zero-order chi connectivity index (χ0) is 10.4. The van der Waals surface area contributed by atoms with E-state index in [9.17, 15) is 4.21 Å². The quantitative estimate of drug-likeness (QED) is 0.229. The van der Waals surface area contributed by atoms with E-state index in [1.807, 2.05) is 11.6 Å². The van der Waals surface area contributed by atoms with Crippen molar-refractivity contribution in [3.8, 4) is 0 Å². The molecule has 0 saturated carbocycles. The maximum atomic E-state index is 10.3. The first-order chi connectivity index (χ1) is 6.62. The first-order valence-corrected chi connectivity index (χ1v) is 8.75. The van der Waals surface area contributed by atoms with E-state index in [1.165, 1.54) is 0 Å². The standard InChI is InChI=1S/C6H11NO2S5/c8-14(9)5-1-3-12-13-6(10)7-2-4-11-6/h2,4,7,10H,1,3,5H2,(H,8,9). The van der Waals surface area contributed by atoms with E-state index in [4.69, 9.17) is 4.55 Å². The lowest BCUT2D eigenvalue weighted by Gasteiger charge is -2.20. The number of hydrogen-bond acceptors (Lipinski definition) is 6. The normalized spacial score (nSPS) is 27.6. The van der Waals surface area contributed by atoms with E-state index < -0.39 is 11.1 Å². The topological polar surface area (TPSA) is 49.3 Å². The molecule has 1 rings (SSSR count). The second-order valence-electron chi connectivity index (χ2n) is 2.43. The van der Waals surface area contributed by atoms with Crippen molar-refractivity contribution in [2.45, 2.75) is 9.96 Å². The number of thiol groups is 1. The Morgan fingerprint density at radius 2 is 2.50 bits per heavy atom. The molecule has 0 aromatic rings. The smallest absolute Gasteiger partial charge is 0.189 e. The van der Waals surface area contributed by atoms with Crippen LogP contribution in [0.4, 0.5) is 0 Å². The van der Waals surface area contributed by atoms with Crippen molar-refractivity contribution in [3.63, 3.8) is 0 Å². The Bertz CT molecular complexity index is 226. The summed E-state index contributed by atoms with van der Waals surface area (Å²) in [5.74, 6) is 1.22. The second-order valence-corrected chi connectivity index (χ2v) is 8.77. The molecular formula is C6H11NO2S5. The van der Waals surface area contributed by atoms with Gasteiger partial charge in [0.1, 0.15) is 0 Å². The lowest BCUT2D eigenvalue weighted by molar-refractivity contribution is 0.563. The minimum Gasteiger partial charge on any atom is -0.359 e. The number of thioether (sulfide) groups is 1. The van der Waals surface area contributed by atoms with Crippen molar-refractivity contribution in [1.82, 2.24) is 5.32 Å². The Morgan fingerprint density at radius 3 is 3.07 bits per heavy atom. The van der Waals surface area contributed by atoms with Gasteiger partial charge in [0, 0.05) is 12.0 Å². The average molecular weight is 289 g/mol. The Morgan fingerprint density at radius 1 is 1.71 bits per heavy atom. The lowest BCUT2D eigenvalue weighted by atomic mass is 10.6. The van der Waals surface area contributed by atoms with Gasteiger partial charge in [-0.3, -0.25) is 0 Å². The first kappa shape index (κ1) is 13.1. The summed E-state index contributed by atoms with van der Waals surface area (Å²) in [5.41, 5.74) is 0. The van der Waals surface area contributed by atoms with Gasteiger partial charge < -0.3 is 9.87 Å². The summed E-state index contributed by atoms with van der Waals surface area (Å²) in [6, 6.07) is 0. The molecule has 0 bridgehead atoms. The third-order valence-electron chi connectivity index (χ3n) is 1.28. The Hall–Kier alpha value is 1.05. The minimum absolute atomic E-state index is 0.275. The third kappa shape index (κ3) is 5.22. The van der Waals surface area contributed by atoms with Crippen LogP contribution in [-0.4, -0.2) is 23.8 Å². The average Bonchev–Trinajstić information content (AvgIpc) is 2.51.